The summed E-state index contributed by atoms with van der Waals surface area (Å²) in [5, 5.41) is 11.0. The van der Waals surface area contributed by atoms with Crippen molar-refractivity contribution < 1.29 is 9.32 Å². The minimum Gasteiger partial charge on any atom is -0.351 e. The molecular formula is C18H21N5O2. The Balaban J connectivity index is 1.75. The summed E-state index contributed by atoms with van der Waals surface area (Å²) in [6.07, 6.45) is 5.04. The summed E-state index contributed by atoms with van der Waals surface area (Å²) in [4.78, 5) is 16.4. The molecule has 0 bridgehead atoms. The first-order valence-corrected chi connectivity index (χ1v) is 8.39. The number of nitrogens with zero attached hydrogens (tertiary/aromatic N) is 4. The second-order valence-corrected chi connectivity index (χ2v) is 5.83. The van der Waals surface area contributed by atoms with E-state index in [2.05, 4.69) is 34.4 Å². The van der Waals surface area contributed by atoms with E-state index in [-0.39, 0.29) is 11.7 Å². The first-order chi connectivity index (χ1) is 12.2. The monoisotopic (exact) mass is 339 g/mol. The van der Waals surface area contributed by atoms with E-state index in [1.54, 1.807) is 17.1 Å². The van der Waals surface area contributed by atoms with Crippen molar-refractivity contribution in [2.75, 3.05) is 5.32 Å². The third-order valence-corrected chi connectivity index (χ3v) is 4.22. The Kier molecular flexibility index (Phi) is 5.23. The highest BCUT2D eigenvalue weighted by molar-refractivity contribution is 6.02. The van der Waals surface area contributed by atoms with Gasteiger partial charge in [0.05, 0.1) is 12.2 Å². The van der Waals surface area contributed by atoms with Gasteiger partial charge >= 0.3 is 0 Å². The molecule has 7 heteroatoms. The lowest BCUT2D eigenvalue weighted by Crippen LogP contribution is -2.13. The number of aromatic nitrogens is 4. The van der Waals surface area contributed by atoms with Crippen LogP contribution in [0.25, 0.3) is 0 Å². The summed E-state index contributed by atoms with van der Waals surface area (Å²) in [7, 11) is 0. The normalized spacial score (nSPS) is 11.0. The van der Waals surface area contributed by atoms with Gasteiger partial charge in [0.25, 0.3) is 5.91 Å². The molecule has 25 heavy (non-hydrogen) atoms. The first kappa shape index (κ1) is 16.9. The van der Waals surface area contributed by atoms with Crippen molar-refractivity contribution in [3.05, 3.63) is 60.0 Å². The number of rotatable bonds is 7. The van der Waals surface area contributed by atoms with Crippen LogP contribution < -0.4 is 5.32 Å². The molecule has 0 aliphatic heterocycles. The van der Waals surface area contributed by atoms with Gasteiger partial charge in [-0.15, -0.1) is 0 Å². The molecule has 0 saturated carbocycles. The lowest BCUT2D eigenvalue weighted by molar-refractivity contribution is 0.0987. The zero-order valence-corrected chi connectivity index (χ0v) is 14.3. The lowest BCUT2D eigenvalue weighted by Gasteiger charge is -2.09. The van der Waals surface area contributed by atoms with Crippen molar-refractivity contribution in [2.45, 2.75) is 39.2 Å². The van der Waals surface area contributed by atoms with E-state index in [4.69, 9.17) is 4.52 Å². The van der Waals surface area contributed by atoms with E-state index in [9.17, 15) is 4.79 Å². The molecule has 2 aromatic heterocycles. The van der Waals surface area contributed by atoms with E-state index in [0.717, 1.165) is 24.1 Å². The van der Waals surface area contributed by atoms with Crippen LogP contribution in [0.1, 0.15) is 54.4 Å². The number of nitrogens with one attached hydrogen (secondary N) is 1. The molecule has 0 fully saturated rings. The smallest absolute Gasteiger partial charge is 0.294 e. The van der Waals surface area contributed by atoms with Crippen molar-refractivity contribution in [3.63, 3.8) is 0 Å². The van der Waals surface area contributed by atoms with Crippen LogP contribution in [0.4, 0.5) is 5.69 Å². The van der Waals surface area contributed by atoms with Crippen LogP contribution in [0.15, 0.2) is 47.5 Å². The summed E-state index contributed by atoms with van der Waals surface area (Å²) < 4.78 is 6.94. The number of para-hydroxylation sites is 1. The van der Waals surface area contributed by atoms with E-state index < -0.39 is 0 Å². The van der Waals surface area contributed by atoms with E-state index in [1.165, 1.54) is 6.33 Å². The van der Waals surface area contributed by atoms with Gasteiger partial charge < -0.3 is 9.84 Å². The molecule has 0 aliphatic rings. The number of hydrogen-bond acceptors (Lipinski definition) is 5. The first-order valence-electron chi connectivity index (χ1n) is 8.39. The minimum atomic E-state index is -0.309. The highest BCUT2D eigenvalue weighted by Gasteiger charge is 2.18. The maximum absolute atomic E-state index is 12.5. The molecule has 2 heterocycles. The summed E-state index contributed by atoms with van der Waals surface area (Å²) in [6, 6.07) is 9.31. The molecule has 1 amide bonds. The molecular weight excluding hydrogens is 318 g/mol. The highest BCUT2D eigenvalue weighted by atomic mass is 16.5. The minimum absolute atomic E-state index is 0.220. The summed E-state index contributed by atoms with van der Waals surface area (Å²) in [5.74, 6) is 0.220. The fourth-order valence-electron chi connectivity index (χ4n) is 2.75. The Hall–Kier alpha value is -2.96. The number of carbonyl (C=O) groups excluding carboxylic acids is 1. The second kappa shape index (κ2) is 7.74. The predicted molar refractivity (Wildman–Crippen MR) is 93.3 cm³/mol. The molecule has 0 atom stereocenters. The number of anilines is 1. The molecule has 0 spiro atoms. The quantitative estimate of drug-likeness (QED) is 0.712. The maximum Gasteiger partial charge on any atom is 0.294 e. The standard InChI is InChI=1S/C18H21N5O2/c1-3-13(4-2)16-9-17(25-22-16)18(24)21-15-8-6-5-7-14(15)10-23-12-19-11-20-23/h5-9,11-13H,3-4,10H2,1-2H3,(H,21,24). The average Bonchev–Trinajstić information content (AvgIpc) is 3.30. The van der Waals surface area contributed by atoms with Crippen molar-refractivity contribution in [1.82, 2.24) is 19.9 Å². The van der Waals surface area contributed by atoms with Gasteiger partial charge in [0, 0.05) is 17.7 Å². The van der Waals surface area contributed by atoms with Crippen LogP contribution in [0, 0.1) is 0 Å². The molecule has 1 aromatic carbocycles. The summed E-state index contributed by atoms with van der Waals surface area (Å²) >= 11 is 0. The predicted octanol–water partition coefficient (Wildman–Crippen LogP) is 3.47. The van der Waals surface area contributed by atoms with Gasteiger partial charge in [-0.05, 0) is 24.5 Å². The molecule has 0 unspecified atom stereocenters. The maximum atomic E-state index is 12.5. The van der Waals surface area contributed by atoms with Crippen LogP contribution in [0.5, 0.6) is 0 Å². The number of hydrogen-bond donors (Lipinski definition) is 1. The highest BCUT2D eigenvalue weighted by Crippen LogP contribution is 2.23. The topological polar surface area (TPSA) is 85.8 Å². The summed E-state index contributed by atoms with van der Waals surface area (Å²) in [5.41, 5.74) is 2.47. The zero-order chi connectivity index (χ0) is 17.6. The molecule has 0 aliphatic carbocycles. The van der Waals surface area contributed by atoms with E-state index in [0.29, 0.717) is 18.2 Å². The van der Waals surface area contributed by atoms with Crippen LogP contribution >= 0.6 is 0 Å². The third kappa shape index (κ3) is 3.93. The Labute approximate surface area is 146 Å². The van der Waals surface area contributed by atoms with Gasteiger partial charge in [0.2, 0.25) is 5.76 Å². The Morgan fingerprint density at radius 3 is 2.80 bits per heavy atom. The molecule has 0 saturated heterocycles. The van der Waals surface area contributed by atoms with Crippen molar-refractivity contribution in [2.24, 2.45) is 0 Å². The van der Waals surface area contributed by atoms with Gasteiger partial charge in [0.1, 0.15) is 12.7 Å². The second-order valence-electron chi connectivity index (χ2n) is 5.83. The fraction of sp³-hybridized carbons (Fsp3) is 0.333. The Morgan fingerprint density at radius 2 is 2.08 bits per heavy atom. The molecule has 7 nitrogen and oxygen atoms in total. The SMILES string of the molecule is CCC(CC)c1cc(C(=O)Nc2ccccc2Cn2cncn2)on1. The van der Waals surface area contributed by atoms with Crippen LogP contribution in [0.3, 0.4) is 0 Å². The number of benzene rings is 1. The van der Waals surface area contributed by atoms with Gasteiger partial charge in [-0.3, -0.25) is 4.79 Å². The molecule has 3 rings (SSSR count). The van der Waals surface area contributed by atoms with Crippen LogP contribution in [-0.4, -0.2) is 25.8 Å². The van der Waals surface area contributed by atoms with Crippen molar-refractivity contribution in [1.29, 1.82) is 0 Å². The Bertz CT molecular complexity index is 822. The van der Waals surface area contributed by atoms with Gasteiger partial charge in [-0.2, -0.15) is 5.10 Å². The lowest BCUT2D eigenvalue weighted by atomic mass is 9.99. The van der Waals surface area contributed by atoms with Crippen LogP contribution in [-0.2, 0) is 6.54 Å². The van der Waals surface area contributed by atoms with Gasteiger partial charge in [0.15, 0.2) is 0 Å². The van der Waals surface area contributed by atoms with E-state index >= 15 is 0 Å². The van der Waals surface area contributed by atoms with Crippen molar-refractivity contribution in [3.8, 4) is 0 Å². The molecule has 0 radical (unpaired) electrons. The molecule has 3 aromatic rings. The fourth-order valence-corrected chi connectivity index (χ4v) is 2.75. The zero-order valence-electron chi connectivity index (χ0n) is 14.3. The summed E-state index contributed by atoms with van der Waals surface area (Å²) in [6.45, 7) is 4.72. The van der Waals surface area contributed by atoms with Gasteiger partial charge in [-0.25, -0.2) is 9.67 Å². The number of amides is 1. The molecule has 1 N–H and O–H groups in total. The third-order valence-electron chi connectivity index (χ3n) is 4.22. The van der Waals surface area contributed by atoms with Crippen molar-refractivity contribution >= 4 is 11.6 Å². The van der Waals surface area contributed by atoms with Crippen LogP contribution in [0.2, 0.25) is 0 Å². The largest absolute Gasteiger partial charge is 0.351 e. The number of carbonyl (C=O) groups is 1. The van der Waals surface area contributed by atoms with Gasteiger partial charge in [-0.1, -0.05) is 37.2 Å². The Morgan fingerprint density at radius 1 is 1.28 bits per heavy atom. The average molecular weight is 339 g/mol. The van der Waals surface area contributed by atoms with E-state index in [1.807, 2.05) is 24.3 Å². The molecule has 130 valence electrons.